The number of anilines is 1. The second-order valence-electron chi connectivity index (χ2n) is 6.86. The van der Waals surface area contributed by atoms with E-state index in [-0.39, 0.29) is 30.0 Å². The van der Waals surface area contributed by atoms with Crippen LogP contribution in [0.1, 0.15) is 23.3 Å². The summed E-state index contributed by atoms with van der Waals surface area (Å²) in [4.78, 5) is 14.5. The lowest BCUT2D eigenvalue weighted by molar-refractivity contribution is -0.118. The first-order valence-corrected chi connectivity index (χ1v) is 10.5. The Balaban J connectivity index is 1.73. The predicted molar refractivity (Wildman–Crippen MR) is 101 cm³/mol. The van der Waals surface area contributed by atoms with Gasteiger partial charge in [0.1, 0.15) is 5.76 Å². The van der Waals surface area contributed by atoms with Crippen LogP contribution in [0.15, 0.2) is 41.0 Å². The number of aryl methyl sites for hydroxylation is 2. The van der Waals surface area contributed by atoms with Crippen LogP contribution in [0.4, 0.5) is 5.69 Å². The molecule has 0 unspecified atom stereocenters. The Morgan fingerprint density at radius 2 is 1.96 bits per heavy atom. The molecule has 0 aliphatic carbocycles. The second kappa shape index (κ2) is 7.63. The van der Waals surface area contributed by atoms with E-state index in [2.05, 4.69) is 5.32 Å². The van der Waals surface area contributed by atoms with Crippen LogP contribution in [-0.4, -0.2) is 43.3 Å². The molecule has 1 N–H and O–H groups in total. The van der Waals surface area contributed by atoms with Crippen molar-refractivity contribution in [1.82, 2.24) is 4.90 Å². The van der Waals surface area contributed by atoms with Crippen LogP contribution < -0.4 is 5.32 Å². The molecule has 1 aromatic heterocycles. The third kappa shape index (κ3) is 4.53. The summed E-state index contributed by atoms with van der Waals surface area (Å²) in [5.74, 6) is 0.822. The van der Waals surface area contributed by atoms with Gasteiger partial charge in [-0.1, -0.05) is 18.2 Å². The fourth-order valence-electron chi connectivity index (χ4n) is 3.36. The van der Waals surface area contributed by atoms with E-state index in [0.717, 1.165) is 16.8 Å². The fraction of sp³-hybridized carbons (Fsp3) is 0.421. The zero-order valence-corrected chi connectivity index (χ0v) is 15.9. The predicted octanol–water partition coefficient (Wildman–Crippen LogP) is 2.52. The van der Waals surface area contributed by atoms with Crippen molar-refractivity contribution < 1.29 is 17.6 Å². The molecule has 0 spiro atoms. The average Bonchev–Trinajstić information content (AvgIpc) is 3.20. The largest absolute Gasteiger partial charge is 0.468 e. The summed E-state index contributed by atoms with van der Waals surface area (Å²) >= 11 is 0. The average molecular weight is 376 g/mol. The van der Waals surface area contributed by atoms with Crippen molar-refractivity contribution in [2.45, 2.75) is 32.9 Å². The highest BCUT2D eigenvalue weighted by molar-refractivity contribution is 7.91. The number of furan rings is 1. The Morgan fingerprint density at radius 3 is 2.54 bits per heavy atom. The summed E-state index contributed by atoms with van der Waals surface area (Å²) in [7, 11) is -3.03. The van der Waals surface area contributed by atoms with E-state index in [4.69, 9.17) is 4.42 Å². The Morgan fingerprint density at radius 1 is 1.23 bits per heavy atom. The van der Waals surface area contributed by atoms with Gasteiger partial charge >= 0.3 is 0 Å². The fourth-order valence-corrected chi connectivity index (χ4v) is 5.12. The molecule has 26 heavy (non-hydrogen) atoms. The highest BCUT2D eigenvalue weighted by Gasteiger charge is 2.33. The van der Waals surface area contributed by atoms with Gasteiger partial charge in [-0.05, 0) is 43.5 Å². The molecule has 7 heteroatoms. The zero-order valence-electron chi connectivity index (χ0n) is 15.1. The lowest BCUT2D eigenvalue weighted by atomic mass is 10.1. The number of hydrogen-bond acceptors (Lipinski definition) is 5. The van der Waals surface area contributed by atoms with E-state index < -0.39 is 9.84 Å². The molecule has 1 saturated heterocycles. The number of rotatable bonds is 6. The molecule has 0 bridgehead atoms. The van der Waals surface area contributed by atoms with E-state index in [1.54, 1.807) is 12.3 Å². The number of benzene rings is 1. The standard InChI is InChI=1S/C19H24N2O4S/c1-14-5-3-6-15(2)19(14)20-18(22)12-21(11-17-7-4-9-25-17)16-8-10-26(23,24)13-16/h3-7,9,16H,8,10-13H2,1-2H3,(H,20,22)/t16-/m1/s1. The molecule has 1 amide bonds. The Labute approximate surface area is 154 Å². The highest BCUT2D eigenvalue weighted by Crippen LogP contribution is 2.22. The molecule has 1 aliphatic rings. The van der Waals surface area contributed by atoms with Gasteiger partial charge in [-0.15, -0.1) is 0 Å². The molecule has 1 aliphatic heterocycles. The lowest BCUT2D eigenvalue weighted by Crippen LogP contribution is -2.41. The lowest BCUT2D eigenvalue weighted by Gasteiger charge is -2.26. The second-order valence-corrected chi connectivity index (χ2v) is 9.08. The van der Waals surface area contributed by atoms with Crippen LogP contribution >= 0.6 is 0 Å². The molecule has 1 atom stereocenters. The van der Waals surface area contributed by atoms with E-state index in [0.29, 0.717) is 18.7 Å². The number of sulfone groups is 1. The quantitative estimate of drug-likeness (QED) is 0.838. The van der Waals surface area contributed by atoms with Gasteiger partial charge in [0.15, 0.2) is 9.84 Å². The molecule has 2 aromatic rings. The molecule has 0 saturated carbocycles. The van der Waals surface area contributed by atoms with Crippen LogP contribution in [0.2, 0.25) is 0 Å². The normalized spacial score (nSPS) is 19.0. The van der Waals surface area contributed by atoms with E-state index >= 15 is 0 Å². The SMILES string of the molecule is Cc1cccc(C)c1NC(=O)CN(Cc1ccco1)[C@@H]1CCS(=O)(=O)C1. The summed E-state index contributed by atoms with van der Waals surface area (Å²) in [5.41, 5.74) is 2.81. The molecule has 6 nitrogen and oxygen atoms in total. The maximum absolute atomic E-state index is 12.6. The van der Waals surface area contributed by atoms with Gasteiger partial charge in [-0.25, -0.2) is 8.42 Å². The Hall–Kier alpha value is -2.12. The highest BCUT2D eigenvalue weighted by atomic mass is 32.2. The van der Waals surface area contributed by atoms with Gasteiger partial charge in [-0.3, -0.25) is 9.69 Å². The van der Waals surface area contributed by atoms with Crippen LogP contribution in [0.25, 0.3) is 0 Å². The third-order valence-corrected chi connectivity index (χ3v) is 6.51. The summed E-state index contributed by atoms with van der Waals surface area (Å²) < 4.78 is 29.1. The molecular formula is C19H24N2O4S. The first-order valence-electron chi connectivity index (χ1n) is 8.67. The van der Waals surface area contributed by atoms with Crippen molar-refractivity contribution in [2.75, 3.05) is 23.4 Å². The van der Waals surface area contributed by atoms with Crippen molar-refractivity contribution in [3.8, 4) is 0 Å². The smallest absolute Gasteiger partial charge is 0.238 e. The van der Waals surface area contributed by atoms with Crippen LogP contribution in [0.3, 0.4) is 0 Å². The van der Waals surface area contributed by atoms with E-state index in [1.807, 2.05) is 43.0 Å². The number of nitrogens with zero attached hydrogens (tertiary/aromatic N) is 1. The molecule has 0 radical (unpaired) electrons. The first-order chi connectivity index (χ1) is 12.3. The minimum atomic E-state index is -3.03. The van der Waals surface area contributed by atoms with Gasteiger partial charge < -0.3 is 9.73 Å². The number of para-hydroxylation sites is 1. The number of carbonyl (C=O) groups excluding carboxylic acids is 1. The third-order valence-electron chi connectivity index (χ3n) is 4.76. The molecule has 140 valence electrons. The van der Waals surface area contributed by atoms with Crippen molar-refractivity contribution in [1.29, 1.82) is 0 Å². The number of hydrogen-bond donors (Lipinski definition) is 1. The van der Waals surface area contributed by atoms with Gasteiger partial charge in [0.2, 0.25) is 5.91 Å². The van der Waals surface area contributed by atoms with Gasteiger partial charge in [0, 0.05) is 11.7 Å². The van der Waals surface area contributed by atoms with Crippen molar-refractivity contribution in [3.63, 3.8) is 0 Å². The first kappa shape index (κ1) is 18.7. The molecule has 1 aromatic carbocycles. The van der Waals surface area contributed by atoms with Crippen LogP contribution in [0, 0.1) is 13.8 Å². The number of nitrogens with one attached hydrogen (secondary N) is 1. The van der Waals surface area contributed by atoms with Crippen LogP contribution in [0.5, 0.6) is 0 Å². The molecule has 3 rings (SSSR count). The van der Waals surface area contributed by atoms with Gasteiger partial charge in [0.25, 0.3) is 0 Å². The minimum Gasteiger partial charge on any atom is -0.468 e. The Bertz CT molecular complexity index is 855. The summed E-state index contributed by atoms with van der Waals surface area (Å²) in [6.07, 6.45) is 2.12. The van der Waals surface area contributed by atoms with Crippen LogP contribution in [-0.2, 0) is 21.2 Å². The summed E-state index contributed by atoms with van der Waals surface area (Å²) in [6.45, 7) is 4.43. The number of carbonyl (C=O) groups is 1. The summed E-state index contributed by atoms with van der Waals surface area (Å²) in [5, 5.41) is 2.97. The van der Waals surface area contributed by atoms with Crippen molar-refractivity contribution in [3.05, 3.63) is 53.5 Å². The van der Waals surface area contributed by atoms with Crippen molar-refractivity contribution in [2.24, 2.45) is 0 Å². The molecular weight excluding hydrogens is 352 g/mol. The van der Waals surface area contributed by atoms with Gasteiger partial charge in [0.05, 0.1) is 30.9 Å². The van der Waals surface area contributed by atoms with E-state index in [9.17, 15) is 13.2 Å². The monoisotopic (exact) mass is 376 g/mol. The molecule has 2 heterocycles. The maximum Gasteiger partial charge on any atom is 0.238 e. The van der Waals surface area contributed by atoms with E-state index in [1.165, 1.54) is 0 Å². The number of amides is 1. The molecule has 1 fully saturated rings. The maximum atomic E-state index is 12.6. The minimum absolute atomic E-state index is 0.0877. The summed E-state index contributed by atoms with van der Waals surface area (Å²) in [6, 6.07) is 9.30. The van der Waals surface area contributed by atoms with Gasteiger partial charge in [-0.2, -0.15) is 0 Å². The Kier molecular flexibility index (Phi) is 5.48. The zero-order chi connectivity index (χ0) is 18.7. The topological polar surface area (TPSA) is 79.6 Å². The van der Waals surface area contributed by atoms with Crippen molar-refractivity contribution >= 4 is 21.4 Å².